The Morgan fingerprint density at radius 3 is 2.47 bits per heavy atom. The van der Waals surface area contributed by atoms with E-state index in [0.717, 1.165) is 16.7 Å². The number of methoxy groups -OCH3 is 2. The van der Waals surface area contributed by atoms with Crippen LogP contribution in [0.1, 0.15) is 22.8 Å². The molecule has 5 rings (SSSR count). The average Bonchev–Trinajstić information content (AvgIpc) is 3.55. The SMILES string of the molecule is COc1ccc(OC)c(-c2noc(CSc3nnc(Cc4ccccc4)n3-c3ccc(C)cc3)n2)c1. The van der Waals surface area contributed by atoms with Gasteiger partial charge in [-0.15, -0.1) is 10.2 Å². The van der Waals surface area contributed by atoms with E-state index in [2.05, 4.69) is 68.2 Å². The monoisotopic (exact) mass is 499 g/mol. The largest absolute Gasteiger partial charge is 0.497 e. The highest BCUT2D eigenvalue weighted by Crippen LogP contribution is 2.32. The lowest BCUT2D eigenvalue weighted by Gasteiger charge is -2.10. The lowest BCUT2D eigenvalue weighted by atomic mass is 10.1. The molecule has 0 aliphatic heterocycles. The highest BCUT2D eigenvalue weighted by Gasteiger charge is 2.18. The number of aromatic nitrogens is 5. The van der Waals surface area contributed by atoms with Crippen LogP contribution in [0.2, 0.25) is 0 Å². The van der Waals surface area contributed by atoms with Crippen LogP contribution in [0.4, 0.5) is 0 Å². The van der Waals surface area contributed by atoms with Gasteiger partial charge in [0.15, 0.2) is 5.16 Å². The molecule has 8 nitrogen and oxygen atoms in total. The van der Waals surface area contributed by atoms with E-state index in [4.69, 9.17) is 14.0 Å². The first-order valence-electron chi connectivity index (χ1n) is 11.4. The van der Waals surface area contributed by atoms with Crippen LogP contribution in [0.5, 0.6) is 11.5 Å². The maximum Gasteiger partial charge on any atom is 0.237 e. The van der Waals surface area contributed by atoms with E-state index in [-0.39, 0.29) is 0 Å². The first-order valence-corrected chi connectivity index (χ1v) is 12.4. The molecule has 0 unspecified atom stereocenters. The van der Waals surface area contributed by atoms with Crippen molar-refractivity contribution >= 4 is 11.8 Å². The predicted octanol–water partition coefficient (Wildman–Crippen LogP) is 5.53. The summed E-state index contributed by atoms with van der Waals surface area (Å²) in [7, 11) is 3.22. The minimum absolute atomic E-state index is 0.436. The van der Waals surface area contributed by atoms with Gasteiger partial charge in [-0.3, -0.25) is 4.57 Å². The van der Waals surface area contributed by atoms with Crippen molar-refractivity contribution in [3.05, 3.63) is 95.6 Å². The van der Waals surface area contributed by atoms with Gasteiger partial charge < -0.3 is 14.0 Å². The third kappa shape index (κ3) is 5.11. The molecule has 2 heterocycles. The Morgan fingerprint density at radius 1 is 0.917 bits per heavy atom. The molecular weight excluding hydrogens is 474 g/mol. The van der Waals surface area contributed by atoms with Crippen molar-refractivity contribution in [2.45, 2.75) is 24.3 Å². The van der Waals surface area contributed by atoms with Gasteiger partial charge in [-0.05, 0) is 42.8 Å². The summed E-state index contributed by atoms with van der Waals surface area (Å²) in [4.78, 5) is 4.58. The van der Waals surface area contributed by atoms with Crippen LogP contribution in [-0.4, -0.2) is 39.1 Å². The van der Waals surface area contributed by atoms with Crippen molar-refractivity contribution in [1.29, 1.82) is 0 Å². The van der Waals surface area contributed by atoms with Crippen molar-refractivity contribution in [3.8, 4) is 28.6 Å². The molecule has 0 bridgehead atoms. The molecule has 2 aromatic heterocycles. The van der Waals surface area contributed by atoms with Crippen LogP contribution in [0.15, 0.2) is 82.5 Å². The number of benzene rings is 3. The van der Waals surface area contributed by atoms with Gasteiger partial charge in [-0.25, -0.2) is 0 Å². The van der Waals surface area contributed by atoms with Crippen LogP contribution in [0.25, 0.3) is 17.1 Å². The number of thioether (sulfide) groups is 1. The second-order valence-electron chi connectivity index (χ2n) is 8.10. The number of rotatable bonds is 9. The van der Waals surface area contributed by atoms with Crippen LogP contribution >= 0.6 is 11.8 Å². The van der Waals surface area contributed by atoms with E-state index in [1.165, 1.54) is 22.9 Å². The summed E-state index contributed by atoms with van der Waals surface area (Å²) in [6, 6.07) is 24.0. The first-order chi connectivity index (χ1) is 17.6. The molecule has 0 saturated heterocycles. The van der Waals surface area contributed by atoms with Gasteiger partial charge in [0.1, 0.15) is 17.3 Å². The van der Waals surface area contributed by atoms with Crippen molar-refractivity contribution in [3.63, 3.8) is 0 Å². The molecule has 0 radical (unpaired) electrons. The third-order valence-electron chi connectivity index (χ3n) is 5.64. The summed E-state index contributed by atoms with van der Waals surface area (Å²) >= 11 is 1.49. The molecular formula is C27H25N5O3S. The van der Waals surface area contributed by atoms with Crippen molar-refractivity contribution in [2.75, 3.05) is 14.2 Å². The smallest absolute Gasteiger partial charge is 0.237 e. The van der Waals surface area contributed by atoms with Crippen molar-refractivity contribution < 1.29 is 14.0 Å². The second kappa shape index (κ2) is 10.7. The fourth-order valence-electron chi connectivity index (χ4n) is 3.78. The number of ether oxygens (including phenoxy) is 2. The van der Waals surface area contributed by atoms with Gasteiger partial charge in [0.2, 0.25) is 11.7 Å². The highest BCUT2D eigenvalue weighted by atomic mass is 32.2. The molecule has 0 atom stereocenters. The minimum Gasteiger partial charge on any atom is -0.497 e. The third-order valence-corrected chi connectivity index (χ3v) is 6.55. The molecule has 0 aliphatic carbocycles. The summed E-state index contributed by atoms with van der Waals surface area (Å²) in [5, 5.41) is 13.9. The summed E-state index contributed by atoms with van der Waals surface area (Å²) in [5.74, 6) is 3.53. The Balaban J connectivity index is 1.41. The van der Waals surface area contributed by atoms with Crippen molar-refractivity contribution in [1.82, 2.24) is 24.9 Å². The van der Waals surface area contributed by atoms with Gasteiger partial charge in [0.25, 0.3) is 0 Å². The Labute approximate surface area is 213 Å². The van der Waals surface area contributed by atoms with Crippen LogP contribution in [0, 0.1) is 6.92 Å². The molecule has 3 aromatic carbocycles. The van der Waals surface area contributed by atoms with Crippen molar-refractivity contribution in [2.24, 2.45) is 0 Å². The Hall–Kier alpha value is -4.11. The molecule has 36 heavy (non-hydrogen) atoms. The zero-order valence-corrected chi connectivity index (χ0v) is 21.0. The average molecular weight is 500 g/mol. The Kier molecular flexibility index (Phi) is 6.99. The van der Waals surface area contributed by atoms with E-state index in [1.54, 1.807) is 14.2 Å². The van der Waals surface area contributed by atoms with Gasteiger partial charge in [-0.1, -0.05) is 64.9 Å². The molecule has 0 aliphatic rings. The standard InChI is InChI=1S/C27H25N5O3S/c1-18-9-11-20(12-10-18)32-24(15-19-7-5-4-6-8-19)29-30-27(32)36-17-25-28-26(31-35-25)22-16-21(33-2)13-14-23(22)34-3/h4-14,16H,15,17H2,1-3H3. The van der Waals surface area contributed by atoms with E-state index >= 15 is 0 Å². The number of hydrogen-bond donors (Lipinski definition) is 0. The first kappa shape index (κ1) is 23.6. The quantitative estimate of drug-likeness (QED) is 0.245. The molecule has 5 aromatic rings. The molecule has 0 fully saturated rings. The zero-order chi connectivity index (χ0) is 24.9. The molecule has 0 N–H and O–H groups in total. The number of hydrogen-bond acceptors (Lipinski definition) is 8. The van der Waals surface area contributed by atoms with Gasteiger partial charge in [0, 0.05) is 12.1 Å². The van der Waals surface area contributed by atoms with Crippen LogP contribution in [-0.2, 0) is 12.2 Å². The maximum atomic E-state index is 5.54. The van der Waals surface area contributed by atoms with E-state index < -0.39 is 0 Å². The maximum absolute atomic E-state index is 5.54. The van der Waals surface area contributed by atoms with E-state index in [9.17, 15) is 0 Å². The van der Waals surface area contributed by atoms with E-state index in [1.807, 2.05) is 36.4 Å². The molecule has 0 amide bonds. The fraction of sp³-hybridized carbons (Fsp3) is 0.185. The lowest BCUT2D eigenvalue weighted by molar-refractivity contribution is 0.389. The summed E-state index contributed by atoms with van der Waals surface area (Å²) in [6.07, 6.45) is 0.669. The van der Waals surface area contributed by atoms with Gasteiger partial charge in [0.05, 0.1) is 25.5 Å². The lowest BCUT2D eigenvalue weighted by Crippen LogP contribution is -2.04. The normalized spacial score (nSPS) is 11.0. The second-order valence-corrected chi connectivity index (χ2v) is 9.04. The summed E-state index contributed by atoms with van der Waals surface area (Å²) < 4.78 is 18.4. The summed E-state index contributed by atoms with van der Waals surface area (Å²) in [6.45, 7) is 2.07. The van der Waals surface area contributed by atoms with Gasteiger partial charge >= 0.3 is 0 Å². The van der Waals surface area contributed by atoms with Gasteiger partial charge in [-0.2, -0.15) is 4.98 Å². The topological polar surface area (TPSA) is 88.1 Å². The summed E-state index contributed by atoms with van der Waals surface area (Å²) in [5.41, 5.74) is 4.07. The molecule has 182 valence electrons. The predicted molar refractivity (Wildman–Crippen MR) is 138 cm³/mol. The highest BCUT2D eigenvalue weighted by molar-refractivity contribution is 7.98. The minimum atomic E-state index is 0.436. The van der Waals surface area contributed by atoms with Crippen LogP contribution < -0.4 is 9.47 Å². The van der Waals surface area contributed by atoms with Crippen LogP contribution in [0.3, 0.4) is 0 Å². The molecule has 0 saturated carbocycles. The molecule has 0 spiro atoms. The Bertz CT molecular complexity index is 1450. The zero-order valence-electron chi connectivity index (χ0n) is 20.2. The Morgan fingerprint density at radius 2 is 1.72 bits per heavy atom. The molecule has 9 heteroatoms. The number of aryl methyl sites for hydroxylation is 1. The number of nitrogens with zero attached hydrogens (tertiary/aromatic N) is 5. The fourth-order valence-corrected chi connectivity index (χ4v) is 4.59. The van der Waals surface area contributed by atoms with E-state index in [0.29, 0.717) is 41.0 Å².